The van der Waals surface area contributed by atoms with Crippen molar-refractivity contribution >= 4 is 17.1 Å². The first-order valence-corrected chi connectivity index (χ1v) is 6.69. The zero-order valence-electron chi connectivity index (χ0n) is 12.4. The first-order chi connectivity index (χ1) is 10.9. The van der Waals surface area contributed by atoms with Crippen LogP contribution in [0.1, 0.15) is 16.1 Å². The number of carboxylic acid groups (broad SMARTS) is 1. The lowest BCUT2D eigenvalue weighted by atomic mass is 10.2. The van der Waals surface area contributed by atoms with E-state index in [1.807, 2.05) is 0 Å². The van der Waals surface area contributed by atoms with Crippen molar-refractivity contribution in [2.45, 2.75) is 6.54 Å². The second-order valence-electron chi connectivity index (χ2n) is 5.12. The monoisotopic (exact) mass is 315 g/mol. The topological polar surface area (TPSA) is 112 Å². The zero-order chi connectivity index (χ0) is 16.7. The number of aromatic nitrogens is 5. The largest absolute Gasteiger partial charge is 0.477 e. The van der Waals surface area contributed by atoms with Gasteiger partial charge in [-0.1, -0.05) is 6.07 Å². The number of imidazole rings is 1. The third kappa shape index (κ3) is 2.31. The van der Waals surface area contributed by atoms with E-state index in [1.165, 1.54) is 29.2 Å². The van der Waals surface area contributed by atoms with E-state index in [9.17, 15) is 14.4 Å². The normalized spacial score (nSPS) is 11.0. The van der Waals surface area contributed by atoms with Gasteiger partial charge in [0.15, 0.2) is 11.2 Å². The molecule has 3 aromatic heterocycles. The van der Waals surface area contributed by atoms with Gasteiger partial charge < -0.3 is 9.67 Å². The van der Waals surface area contributed by atoms with Gasteiger partial charge in [0, 0.05) is 20.3 Å². The minimum Gasteiger partial charge on any atom is -0.477 e. The molecule has 0 atom stereocenters. The summed E-state index contributed by atoms with van der Waals surface area (Å²) in [5, 5.41) is 8.83. The summed E-state index contributed by atoms with van der Waals surface area (Å²) in [7, 11) is 3.22. The molecule has 0 bridgehead atoms. The van der Waals surface area contributed by atoms with Gasteiger partial charge in [0.2, 0.25) is 0 Å². The highest BCUT2D eigenvalue weighted by molar-refractivity contribution is 5.85. The molecule has 0 radical (unpaired) electrons. The molecule has 9 heteroatoms. The van der Waals surface area contributed by atoms with Crippen molar-refractivity contribution in [3.63, 3.8) is 0 Å². The lowest BCUT2D eigenvalue weighted by Crippen LogP contribution is -2.39. The fourth-order valence-electron chi connectivity index (χ4n) is 2.36. The highest BCUT2D eigenvalue weighted by atomic mass is 16.4. The van der Waals surface area contributed by atoms with Crippen molar-refractivity contribution in [1.29, 1.82) is 0 Å². The van der Waals surface area contributed by atoms with Gasteiger partial charge in [-0.15, -0.1) is 0 Å². The molecule has 0 amide bonds. The number of carbonyl (C=O) groups is 1. The van der Waals surface area contributed by atoms with Gasteiger partial charge in [0.1, 0.15) is 5.69 Å². The number of aromatic carboxylic acids is 1. The molecule has 0 aromatic carbocycles. The molecule has 3 aromatic rings. The van der Waals surface area contributed by atoms with Crippen molar-refractivity contribution in [3.8, 4) is 0 Å². The maximum Gasteiger partial charge on any atom is 0.354 e. The van der Waals surface area contributed by atoms with Crippen LogP contribution in [0, 0.1) is 0 Å². The van der Waals surface area contributed by atoms with Gasteiger partial charge in [-0.3, -0.25) is 13.9 Å². The van der Waals surface area contributed by atoms with Crippen LogP contribution in [-0.2, 0) is 20.6 Å². The summed E-state index contributed by atoms with van der Waals surface area (Å²) in [5.74, 6) is -1.14. The van der Waals surface area contributed by atoms with E-state index in [0.29, 0.717) is 16.7 Å². The lowest BCUT2D eigenvalue weighted by Gasteiger charge is -2.08. The van der Waals surface area contributed by atoms with Crippen LogP contribution < -0.4 is 11.2 Å². The quantitative estimate of drug-likeness (QED) is 0.702. The van der Waals surface area contributed by atoms with Crippen LogP contribution in [0.25, 0.3) is 11.2 Å². The standard InChI is InChI=1S/C14H13N5O4/c1-17-7-16-11-10(17)12(20)19(14(23)18(11)2)6-8-3-4-9(13(21)22)15-5-8/h3-5,7H,6H2,1-2H3,(H,21,22). The summed E-state index contributed by atoms with van der Waals surface area (Å²) in [6, 6.07) is 2.85. The fourth-order valence-corrected chi connectivity index (χ4v) is 2.36. The molecular weight excluding hydrogens is 302 g/mol. The summed E-state index contributed by atoms with van der Waals surface area (Å²) >= 11 is 0. The van der Waals surface area contributed by atoms with E-state index in [2.05, 4.69) is 9.97 Å². The van der Waals surface area contributed by atoms with Crippen LogP contribution in [-0.4, -0.2) is 34.7 Å². The first kappa shape index (κ1) is 14.7. The molecule has 9 nitrogen and oxygen atoms in total. The molecule has 0 aliphatic rings. The fraction of sp³-hybridized carbons (Fsp3) is 0.214. The van der Waals surface area contributed by atoms with E-state index < -0.39 is 17.2 Å². The van der Waals surface area contributed by atoms with E-state index in [4.69, 9.17) is 5.11 Å². The maximum atomic E-state index is 12.5. The molecule has 0 saturated carbocycles. The summed E-state index contributed by atoms with van der Waals surface area (Å²) in [6.45, 7) is -0.000471. The third-order valence-electron chi connectivity index (χ3n) is 3.59. The van der Waals surface area contributed by atoms with E-state index >= 15 is 0 Å². The average Bonchev–Trinajstić information content (AvgIpc) is 2.92. The van der Waals surface area contributed by atoms with E-state index in [1.54, 1.807) is 18.7 Å². The minimum absolute atomic E-state index is 0.000471. The SMILES string of the molecule is Cn1cnc2c1c(=O)n(Cc1ccc(C(=O)O)nc1)c(=O)n2C. The Labute approximate surface area is 129 Å². The lowest BCUT2D eigenvalue weighted by molar-refractivity contribution is 0.0690. The average molecular weight is 315 g/mol. The Morgan fingerprint density at radius 3 is 2.57 bits per heavy atom. The Morgan fingerprint density at radius 2 is 1.96 bits per heavy atom. The molecule has 23 heavy (non-hydrogen) atoms. The van der Waals surface area contributed by atoms with Gasteiger partial charge in [-0.05, 0) is 11.6 Å². The van der Waals surface area contributed by atoms with Gasteiger partial charge in [0.25, 0.3) is 5.56 Å². The molecule has 0 spiro atoms. The summed E-state index contributed by atoms with van der Waals surface area (Å²) in [5.41, 5.74) is 0.140. The van der Waals surface area contributed by atoms with Crippen LogP contribution in [0.15, 0.2) is 34.2 Å². The Balaban J connectivity index is 2.13. The molecule has 0 aliphatic carbocycles. The predicted octanol–water partition coefficient (Wildman–Crippen LogP) is -0.425. The Morgan fingerprint density at radius 1 is 1.22 bits per heavy atom. The second-order valence-corrected chi connectivity index (χ2v) is 5.12. The molecule has 0 aliphatic heterocycles. The number of rotatable bonds is 3. The Kier molecular flexibility index (Phi) is 3.32. The number of pyridine rings is 1. The zero-order valence-corrected chi connectivity index (χ0v) is 12.4. The first-order valence-electron chi connectivity index (χ1n) is 6.69. The van der Waals surface area contributed by atoms with Crippen molar-refractivity contribution in [1.82, 2.24) is 23.7 Å². The molecule has 0 fully saturated rings. The predicted molar refractivity (Wildman–Crippen MR) is 80.5 cm³/mol. The number of fused-ring (bicyclic) bond motifs is 1. The molecule has 118 valence electrons. The molecule has 3 rings (SSSR count). The third-order valence-corrected chi connectivity index (χ3v) is 3.59. The number of nitrogens with zero attached hydrogens (tertiary/aromatic N) is 5. The van der Waals surface area contributed by atoms with Crippen LogP contribution in [0.3, 0.4) is 0 Å². The van der Waals surface area contributed by atoms with Crippen molar-refractivity contribution in [3.05, 3.63) is 56.8 Å². The summed E-state index contributed by atoms with van der Waals surface area (Å²) < 4.78 is 3.93. The van der Waals surface area contributed by atoms with Gasteiger partial charge in [-0.25, -0.2) is 19.6 Å². The van der Waals surface area contributed by atoms with Crippen LogP contribution >= 0.6 is 0 Å². The molecule has 0 unspecified atom stereocenters. The molecule has 3 heterocycles. The van der Waals surface area contributed by atoms with Crippen LogP contribution in [0.4, 0.5) is 0 Å². The van der Waals surface area contributed by atoms with Gasteiger partial charge >= 0.3 is 11.7 Å². The number of carboxylic acids is 1. The smallest absolute Gasteiger partial charge is 0.354 e. The minimum atomic E-state index is -1.14. The van der Waals surface area contributed by atoms with Crippen molar-refractivity contribution < 1.29 is 9.90 Å². The van der Waals surface area contributed by atoms with Gasteiger partial charge in [-0.2, -0.15) is 0 Å². The highest BCUT2D eigenvalue weighted by Gasteiger charge is 2.15. The molecule has 1 N–H and O–H groups in total. The summed E-state index contributed by atoms with van der Waals surface area (Å²) in [4.78, 5) is 43.5. The molecular formula is C14H13N5O4. The van der Waals surface area contributed by atoms with Crippen molar-refractivity contribution in [2.24, 2.45) is 14.1 Å². The van der Waals surface area contributed by atoms with E-state index in [0.717, 1.165) is 4.57 Å². The Hall–Kier alpha value is -3.23. The number of hydrogen-bond acceptors (Lipinski definition) is 5. The second kappa shape index (κ2) is 5.20. The highest BCUT2D eigenvalue weighted by Crippen LogP contribution is 2.05. The Bertz CT molecular complexity index is 1030. The van der Waals surface area contributed by atoms with Gasteiger partial charge in [0.05, 0.1) is 12.9 Å². The molecule has 0 saturated heterocycles. The van der Waals surface area contributed by atoms with Crippen LogP contribution in [0.5, 0.6) is 0 Å². The number of aryl methyl sites for hydroxylation is 2. The maximum absolute atomic E-state index is 12.5. The van der Waals surface area contributed by atoms with E-state index in [-0.39, 0.29) is 12.2 Å². The van der Waals surface area contributed by atoms with Crippen LogP contribution in [0.2, 0.25) is 0 Å². The van der Waals surface area contributed by atoms with Crippen molar-refractivity contribution in [2.75, 3.05) is 0 Å². The number of hydrogen-bond donors (Lipinski definition) is 1. The summed E-state index contributed by atoms with van der Waals surface area (Å²) in [6.07, 6.45) is 2.81.